The Morgan fingerprint density at radius 3 is 2.00 bits per heavy atom. The van der Waals surface area contributed by atoms with Crippen LogP contribution < -0.4 is 0 Å². The first-order valence-electron chi connectivity index (χ1n) is 2.69. The Kier molecular flexibility index (Phi) is 1.54. The lowest BCUT2D eigenvalue weighted by Crippen LogP contribution is -2.34. The summed E-state index contributed by atoms with van der Waals surface area (Å²) in [7, 11) is 0. The third kappa shape index (κ3) is 1.46. The Bertz CT molecular complexity index is 70.6. The van der Waals surface area contributed by atoms with E-state index in [-0.39, 0.29) is 5.79 Å². The molecule has 1 fully saturated rings. The van der Waals surface area contributed by atoms with Crippen LogP contribution in [0, 0.1) is 6.42 Å². The minimum absolute atomic E-state index is 0.384. The maximum atomic E-state index is 5.13. The highest BCUT2D eigenvalue weighted by Crippen LogP contribution is 2.15. The van der Waals surface area contributed by atoms with Gasteiger partial charge in [-0.1, -0.05) is 0 Å². The number of ether oxygens (including phenoxy) is 2. The van der Waals surface area contributed by atoms with Gasteiger partial charge in [-0.25, -0.2) is 0 Å². The first-order valence-corrected chi connectivity index (χ1v) is 2.69. The molecule has 0 aromatic rings. The number of hydrogen-bond donors (Lipinski definition) is 0. The van der Waals surface area contributed by atoms with Crippen LogP contribution >= 0.6 is 0 Å². The molecule has 0 aliphatic carbocycles. The van der Waals surface area contributed by atoms with Crippen molar-refractivity contribution >= 4 is 0 Å². The lowest BCUT2D eigenvalue weighted by Gasteiger charge is -2.29. The fourth-order valence-electron chi connectivity index (χ4n) is 0.533. The van der Waals surface area contributed by atoms with Gasteiger partial charge >= 0.3 is 0 Å². The molecule has 0 amide bonds. The van der Waals surface area contributed by atoms with Crippen molar-refractivity contribution in [3.63, 3.8) is 0 Å². The van der Waals surface area contributed by atoms with Gasteiger partial charge in [-0.2, -0.15) is 0 Å². The fourth-order valence-corrected chi connectivity index (χ4v) is 0.533. The molecule has 1 heterocycles. The Labute approximate surface area is 49.8 Å². The highest BCUT2D eigenvalue weighted by atomic mass is 16.7. The summed E-state index contributed by atoms with van der Waals surface area (Å²) in [6.07, 6.45) is 2.90. The van der Waals surface area contributed by atoms with Gasteiger partial charge in [0.15, 0.2) is 5.79 Å². The molecular formula is C6H10O2. The molecule has 0 N–H and O–H groups in total. The summed E-state index contributed by atoms with van der Waals surface area (Å²) in [6, 6.07) is 0. The van der Waals surface area contributed by atoms with E-state index in [0.717, 1.165) is 0 Å². The third-order valence-electron chi connectivity index (χ3n) is 1.04. The first-order chi connectivity index (χ1) is 3.71. The molecule has 8 heavy (non-hydrogen) atoms. The molecule has 46 valence electrons. The van der Waals surface area contributed by atoms with Crippen molar-refractivity contribution in [3.8, 4) is 0 Å². The molecule has 2 radical (unpaired) electrons. The van der Waals surface area contributed by atoms with Crippen molar-refractivity contribution in [2.45, 2.75) is 19.6 Å². The van der Waals surface area contributed by atoms with Gasteiger partial charge < -0.3 is 9.47 Å². The van der Waals surface area contributed by atoms with Crippen LogP contribution in [-0.4, -0.2) is 19.0 Å². The molecule has 1 saturated heterocycles. The second-order valence-electron chi connectivity index (χ2n) is 2.23. The Morgan fingerprint density at radius 2 is 1.75 bits per heavy atom. The van der Waals surface area contributed by atoms with Gasteiger partial charge in [0.05, 0.1) is 13.2 Å². The van der Waals surface area contributed by atoms with Crippen molar-refractivity contribution < 1.29 is 9.47 Å². The van der Waals surface area contributed by atoms with Gasteiger partial charge in [0.2, 0.25) is 0 Å². The van der Waals surface area contributed by atoms with Gasteiger partial charge in [0, 0.05) is 6.42 Å². The average Bonchev–Trinajstić information content (AvgIpc) is 1.65. The van der Waals surface area contributed by atoms with E-state index in [1.807, 2.05) is 13.8 Å². The minimum Gasteiger partial charge on any atom is -0.350 e. The molecule has 0 bridgehead atoms. The van der Waals surface area contributed by atoms with Gasteiger partial charge in [0.25, 0.3) is 0 Å². The highest BCUT2D eigenvalue weighted by Gasteiger charge is 2.21. The quantitative estimate of drug-likeness (QED) is 0.465. The van der Waals surface area contributed by atoms with Gasteiger partial charge in [0.1, 0.15) is 0 Å². The average molecular weight is 114 g/mol. The van der Waals surface area contributed by atoms with Crippen LogP contribution in [0.1, 0.15) is 13.8 Å². The predicted octanol–water partition coefficient (Wildman–Crippen LogP) is 0.851. The van der Waals surface area contributed by atoms with E-state index in [4.69, 9.17) is 9.47 Å². The lowest BCUT2D eigenvalue weighted by atomic mass is 10.3. The Hall–Kier alpha value is -0.0800. The molecular weight excluding hydrogens is 104 g/mol. The van der Waals surface area contributed by atoms with E-state index in [1.54, 1.807) is 0 Å². The van der Waals surface area contributed by atoms with Crippen molar-refractivity contribution in [2.24, 2.45) is 0 Å². The van der Waals surface area contributed by atoms with Crippen LogP contribution in [0.15, 0.2) is 0 Å². The lowest BCUT2D eigenvalue weighted by molar-refractivity contribution is -0.227. The molecule has 0 spiro atoms. The van der Waals surface area contributed by atoms with E-state index < -0.39 is 0 Å². The summed E-state index contributed by atoms with van der Waals surface area (Å²) < 4.78 is 10.3. The summed E-state index contributed by atoms with van der Waals surface area (Å²) >= 11 is 0. The zero-order chi connectivity index (χ0) is 6.04. The molecule has 1 aliphatic rings. The third-order valence-corrected chi connectivity index (χ3v) is 1.04. The van der Waals surface area contributed by atoms with Crippen LogP contribution in [0.3, 0.4) is 0 Å². The van der Waals surface area contributed by atoms with E-state index in [2.05, 4.69) is 6.42 Å². The SMILES string of the molecule is CC1(C)OC[C]CO1. The molecule has 2 heteroatoms. The highest BCUT2D eigenvalue weighted by molar-refractivity contribution is 4.71. The van der Waals surface area contributed by atoms with E-state index >= 15 is 0 Å². The maximum absolute atomic E-state index is 5.13. The van der Waals surface area contributed by atoms with Crippen molar-refractivity contribution in [1.82, 2.24) is 0 Å². The smallest absolute Gasteiger partial charge is 0.162 e. The second kappa shape index (κ2) is 2.03. The van der Waals surface area contributed by atoms with Crippen LogP contribution in [-0.2, 0) is 9.47 Å². The minimum atomic E-state index is -0.384. The Balaban J connectivity index is 2.33. The normalized spacial score (nSPS) is 27.8. The van der Waals surface area contributed by atoms with Gasteiger partial charge in [-0.3, -0.25) is 0 Å². The van der Waals surface area contributed by atoms with Gasteiger partial charge in [-0.15, -0.1) is 0 Å². The van der Waals surface area contributed by atoms with E-state index in [0.29, 0.717) is 13.2 Å². The maximum Gasteiger partial charge on any atom is 0.162 e. The summed E-state index contributed by atoms with van der Waals surface area (Å²) in [5.74, 6) is -0.384. The molecule has 0 saturated carbocycles. The summed E-state index contributed by atoms with van der Waals surface area (Å²) in [4.78, 5) is 0. The van der Waals surface area contributed by atoms with E-state index in [9.17, 15) is 0 Å². The molecule has 1 rings (SSSR count). The summed E-state index contributed by atoms with van der Waals surface area (Å²) in [5, 5.41) is 0. The standard InChI is InChI=1S/C6H10O2/c1-6(2)7-4-3-5-8-6/h4-5H2,1-2H3. The van der Waals surface area contributed by atoms with Crippen molar-refractivity contribution in [2.75, 3.05) is 13.2 Å². The predicted molar refractivity (Wildman–Crippen MR) is 29.2 cm³/mol. The van der Waals surface area contributed by atoms with Crippen LogP contribution in [0.25, 0.3) is 0 Å². The van der Waals surface area contributed by atoms with Crippen molar-refractivity contribution in [3.05, 3.63) is 6.42 Å². The zero-order valence-electron chi connectivity index (χ0n) is 5.23. The van der Waals surface area contributed by atoms with Gasteiger partial charge in [-0.05, 0) is 13.8 Å². The fraction of sp³-hybridized carbons (Fsp3) is 0.833. The molecule has 0 aromatic carbocycles. The number of hydrogen-bond acceptors (Lipinski definition) is 2. The molecule has 2 nitrogen and oxygen atoms in total. The molecule has 0 unspecified atom stereocenters. The first kappa shape index (κ1) is 6.05. The summed E-state index contributed by atoms with van der Waals surface area (Å²) in [5.41, 5.74) is 0. The van der Waals surface area contributed by atoms with Crippen LogP contribution in [0.2, 0.25) is 0 Å². The zero-order valence-corrected chi connectivity index (χ0v) is 5.23. The van der Waals surface area contributed by atoms with Crippen molar-refractivity contribution in [1.29, 1.82) is 0 Å². The molecule has 0 atom stereocenters. The topological polar surface area (TPSA) is 18.5 Å². The second-order valence-corrected chi connectivity index (χ2v) is 2.23. The Morgan fingerprint density at radius 1 is 1.25 bits per heavy atom. The molecule has 1 aliphatic heterocycles. The van der Waals surface area contributed by atoms with Crippen LogP contribution in [0.5, 0.6) is 0 Å². The van der Waals surface area contributed by atoms with E-state index in [1.165, 1.54) is 0 Å². The monoisotopic (exact) mass is 114 g/mol. The molecule has 0 aromatic heterocycles. The van der Waals surface area contributed by atoms with Crippen LogP contribution in [0.4, 0.5) is 0 Å². The number of rotatable bonds is 0. The summed E-state index contributed by atoms with van der Waals surface area (Å²) in [6.45, 7) is 4.97. The largest absolute Gasteiger partial charge is 0.350 e.